The van der Waals surface area contributed by atoms with Crippen molar-refractivity contribution < 1.29 is 0 Å². The Bertz CT molecular complexity index is 4640. The van der Waals surface area contributed by atoms with Crippen molar-refractivity contribution >= 4 is 0 Å². The minimum absolute atomic E-state index is 0.0122. The topological polar surface area (TPSA) is 51.6 Å². The molecular formula is C82H58N4. The predicted octanol–water partition coefficient (Wildman–Crippen LogP) is 20.2. The summed E-state index contributed by atoms with van der Waals surface area (Å²) < 4.78 is 0. The Morgan fingerprint density at radius 1 is 0.233 bits per heavy atom. The van der Waals surface area contributed by atoms with Crippen molar-refractivity contribution in [3.8, 4) is 112 Å². The van der Waals surface area contributed by atoms with Gasteiger partial charge in [0.05, 0.1) is 22.8 Å². The molecule has 2 unspecified atom stereocenters. The molecule has 2 aromatic heterocycles. The molecule has 2 bridgehead atoms. The number of hydrogen-bond donors (Lipinski definition) is 0. The molecular weight excluding hydrogens is 1040 g/mol. The summed E-state index contributed by atoms with van der Waals surface area (Å²) in [7, 11) is 0. The van der Waals surface area contributed by atoms with Crippen LogP contribution in [0.4, 0.5) is 0 Å². The van der Waals surface area contributed by atoms with Gasteiger partial charge in [-0.25, -0.2) is 19.9 Å². The highest BCUT2D eigenvalue weighted by atomic mass is 14.9. The van der Waals surface area contributed by atoms with Crippen LogP contribution < -0.4 is 0 Å². The molecule has 2 heterocycles. The van der Waals surface area contributed by atoms with Crippen molar-refractivity contribution in [2.45, 2.75) is 50.4 Å². The summed E-state index contributed by atoms with van der Waals surface area (Å²) in [4.78, 5) is 21.8. The molecule has 86 heavy (non-hydrogen) atoms. The Morgan fingerprint density at radius 2 is 0.558 bits per heavy atom. The van der Waals surface area contributed by atoms with Crippen molar-refractivity contribution in [2.24, 2.45) is 0 Å². The van der Waals surface area contributed by atoms with E-state index in [2.05, 4.69) is 295 Å². The lowest BCUT2D eigenvalue weighted by molar-refractivity contribution is 0.660. The summed E-state index contributed by atoms with van der Waals surface area (Å²) in [6.07, 6.45) is 0. The van der Waals surface area contributed by atoms with Gasteiger partial charge in [0.2, 0.25) is 0 Å². The molecule has 18 rings (SSSR count). The van der Waals surface area contributed by atoms with Gasteiger partial charge in [-0.3, -0.25) is 0 Å². The third-order valence-corrected chi connectivity index (χ3v) is 19.3. The molecule has 4 nitrogen and oxygen atoms in total. The second-order valence-corrected chi connectivity index (χ2v) is 24.8. The number of benzene rings is 11. The fourth-order valence-corrected chi connectivity index (χ4v) is 15.1. The summed E-state index contributed by atoms with van der Waals surface area (Å²) in [5.41, 5.74) is 33.0. The van der Waals surface area contributed by atoms with Crippen LogP contribution in [0, 0.1) is 0 Å². The van der Waals surface area contributed by atoms with E-state index in [4.69, 9.17) is 19.9 Å². The van der Waals surface area contributed by atoms with E-state index >= 15 is 0 Å². The van der Waals surface area contributed by atoms with E-state index < -0.39 is 0 Å². The lowest BCUT2D eigenvalue weighted by Gasteiger charge is -2.42. The van der Waals surface area contributed by atoms with Gasteiger partial charge in [0.15, 0.2) is 11.6 Å². The zero-order valence-corrected chi connectivity index (χ0v) is 48.3. The lowest BCUT2D eigenvalue weighted by Crippen LogP contribution is -2.27. The SMILES string of the molecule is CC1(C)c2ccccc2-c2c(-c3cccc(-c4cc(-c5ccccc5)nc(-c5ccc6c(c5)C5c7ccccc7C6c6cc(-c7nc(-c8ccccc8)cc(-c8cccc(-c9cccc%10c9-c9ccccc9C%10(C)C)c8)n7)ccc65)n4)c3)cccc21. The van der Waals surface area contributed by atoms with Crippen LogP contribution in [0.2, 0.25) is 0 Å². The molecule has 0 radical (unpaired) electrons. The number of nitrogens with zero attached hydrogens (tertiary/aromatic N) is 4. The van der Waals surface area contributed by atoms with Crippen molar-refractivity contribution in [1.29, 1.82) is 0 Å². The van der Waals surface area contributed by atoms with Gasteiger partial charge in [-0.15, -0.1) is 0 Å². The van der Waals surface area contributed by atoms with Crippen molar-refractivity contribution in [3.05, 3.63) is 323 Å². The molecule has 4 heteroatoms. The molecule has 0 saturated carbocycles. The van der Waals surface area contributed by atoms with Crippen LogP contribution >= 0.6 is 0 Å². The summed E-state index contributed by atoms with van der Waals surface area (Å²) in [5.74, 6) is 1.43. The Morgan fingerprint density at radius 3 is 1.00 bits per heavy atom. The first-order valence-corrected chi connectivity index (χ1v) is 30.1. The molecule has 0 N–H and O–H groups in total. The van der Waals surface area contributed by atoms with E-state index in [0.29, 0.717) is 11.6 Å². The lowest BCUT2D eigenvalue weighted by atomic mass is 9.61. The number of aromatic nitrogens is 4. The average Bonchev–Trinajstić information content (AvgIpc) is 1.04. The number of fused-ring (bicyclic) bond motifs is 6. The first kappa shape index (κ1) is 50.1. The molecule has 0 spiro atoms. The molecule has 0 aliphatic heterocycles. The predicted molar refractivity (Wildman–Crippen MR) is 351 cm³/mol. The van der Waals surface area contributed by atoms with E-state index in [1.54, 1.807) is 0 Å². The molecule has 13 aromatic rings. The Labute approximate surface area is 502 Å². The highest BCUT2D eigenvalue weighted by Gasteiger charge is 2.42. The van der Waals surface area contributed by atoms with Crippen LogP contribution in [0.3, 0.4) is 0 Å². The third kappa shape index (κ3) is 7.69. The van der Waals surface area contributed by atoms with Crippen LogP contribution in [0.5, 0.6) is 0 Å². The molecule has 0 amide bonds. The van der Waals surface area contributed by atoms with Crippen LogP contribution in [-0.4, -0.2) is 19.9 Å². The fourth-order valence-electron chi connectivity index (χ4n) is 15.1. The Kier molecular flexibility index (Phi) is 11.1. The second kappa shape index (κ2) is 19.1. The third-order valence-electron chi connectivity index (χ3n) is 19.3. The maximum Gasteiger partial charge on any atom is 0.160 e. The van der Waals surface area contributed by atoms with Crippen LogP contribution in [0.15, 0.2) is 267 Å². The smallest absolute Gasteiger partial charge is 0.160 e. The van der Waals surface area contributed by atoms with Crippen LogP contribution in [-0.2, 0) is 10.8 Å². The van der Waals surface area contributed by atoms with E-state index in [-0.39, 0.29) is 22.7 Å². The van der Waals surface area contributed by atoms with Gasteiger partial charge < -0.3 is 0 Å². The zero-order chi connectivity index (χ0) is 57.4. The van der Waals surface area contributed by atoms with E-state index in [0.717, 1.165) is 56.2 Å². The quantitative estimate of drug-likeness (QED) is 0.152. The largest absolute Gasteiger partial charge is 0.228 e. The maximum atomic E-state index is 5.49. The van der Waals surface area contributed by atoms with E-state index in [1.165, 1.54) is 100 Å². The number of hydrogen-bond acceptors (Lipinski definition) is 4. The van der Waals surface area contributed by atoms with Gasteiger partial charge in [-0.1, -0.05) is 258 Å². The highest BCUT2D eigenvalue weighted by molar-refractivity contribution is 5.95. The summed E-state index contributed by atoms with van der Waals surface area (Å²) in [5, 5.41) is 0. The van der Waals surface area contributed by atoms with Gasteiger partial charge >= 0.3 is 0 Å². The monoisotopic (exact) mass is 1100 g/mol. The fraction of sp³-hybridized carbons (Fsp3) is 0.0976. The van der Waals surface area contributed by atoms with Gasteiger partial charge in [0, 0.05) is 56.0 Å². The van der Waals surface area contributed by atoms with Gasteiger partial charge in [0.25, 0.3) is 0 Å². The molecule has 11 aromatic carbocycles. The minimum Gasteiger partial charge on any atom is -0.228 e. The summed E-state index contributed by atoms with van der Waals surface area (Å²) in [6, 6.07) is 97.6. The normalized spacial score (nSPS) is 15.6. The summed E-state index contributed by atoms with van der Waals surface area (Å²) >= 11 is 0. The van der Waals surface area contributed by atoms with Gasteiger partial charge in [-0.05, 0) is 137 Å². The summed E-state index contributed by atoms with van der Waals surface area (Å²) in [6.45, 7) is 9.38. The molecule has 5 aliphatic rings. The minimum atomic E-state index is -0.0895. The second-order valence-electron chi connectivity index (χ2n) is 24.8. The maximum absolute atomic E-state index is 5.49. The van der Waals surface area contributed by atoms with Gasteiger partial charge in [-0.2, -0.15) is 0 Å². The first-order chi connectivity index (χ1) is 42.1. The van der Waals surface area contributed by atoms with E-state index in [9.17, 15) is 0 Å². The molecule has 5 aliphatic carbocycles. The molecule has 0 saturated heterocycles. The van der Waals surface area contributed by atoms with E-state index in [1.807, 2.05) is 0 Å². The molecule has 2 atom stereocenters. The average molecular weight is 1100 g/mol. The standard InChI is InChI=1S/C82H58N4/c1-81(2)67-35-15-13-31-63(67)77-57(33-19-37-69(77)81)51-25-17-27-53(43-51)73-47-71(49-21-7-5-8-22-49)83-79(85-73)55-39-41-61-65(45-55)75-59-29-11-12-30-60(59)76(61)66-46-56(40-42-62(66)75)80-84-72(50-23-9-6-10-24-50)48-74(86-80)54-28-18-26-52(44-54)58-34-20-38-70-78(58)64-32-14-16-36-68(64)82(70,3)4/h5-48,75-76H,1-4H3. The van der Waals surface area contributed by atoms with Crippen LogP contribution in [0.25, 0.3) is 112 Å². The Hall–Kier alpha value is -10.4. The van der Waals surface area contributed by atoms with Crippen molar-refractivity contribution in [3.63, 3.8) is 0 Å². The first-order valence-electron chi connectivity index (χ1n) is 30.1. The number of rotatable bonds is 8. The molecule has 406 valence electrons. The van der Waals surface area contributed by atoms with Crippen LogP contribution in [0.1, 0.15) is 95.2 Å². The zero-order valence-electron chi connectivity index (χ0n) is 48.3. The van der Waals surface area contributed by atoms with Crippen molar-refractivity contribution in [1.82, 2.24) is 19.9 Å². The van der Waals surface area contributed by atoms with Crippen molar-refractivity contribution in [2.75, 3.05) is 0 Å². The Balaban J connectivity index is 0.761. The highest BCUT2D eigenvalue weighted by Crippen LogP contribution is 2.58. The molecule has 0 fully saturated rings. The van der Waals surface area contributed by atoms with Gasteiger partial charge in [0.1, 0.15) is 0 Å².